The quantitative estimate of drug-likeness (QED) is 0.825. The van der Waals surface area contributed by atoms with Crippen molar-refractivity contribution in [3.05, 3.63) is 42.1 Å². The van der Waals surface area contributed by atoms with E-state index in [0.29, 0.717) is 23.2 Å². The van der Waals surface area contributed by atoms with Crippen LogP contribution < -0.4 is 10.6 Å². The second kappa shape index (κ2) is 7.09. The maximum atomic E-state index is 11.8. The summed E-state index contributed by atoms with van der Waals surface area (Å²) in [7, 11) is 1.36. The largest absolute Gasteiger partial charge is 0.465 e. The second-order valence-electron chi connectivity index (χ2n) is 5.55. The van der Waals surface area contributed by atoms with E-state index in [1.807, 2.05) is 12.1 Å². The van der Waals surface area contributed by atoms with E-state index in [1.165, 1.54) is 32.8 Å². The van der Waals surface area contributed by atoms with E-state index in [2.05, 4.69) is 20.6 Å². The van der Waals surface area contributed by atoms with Gasteiger partial charge < -0.3 is 15.4 Å². The van der Waals surface area contributed by atoms with Crippen LogP contribution in [0.4, 0.5) is 17.5 Å². The maximum Gasteiger partial charge on any atom is 0.339 e. The first kappa shape index (κ1) is 15.3. The number of benzene rings is 1. The minimum Gasteiger partial charge on any atom is -0.465 e. The first-order valence-corrected chi connectivity index (χ1v) is 7.80. The van der Waals surface area contributed by atoms with Crippen molar-refractivity contribution in [1.82, 2.24) is 9.97 Å². The molecule has 0 unspecified atom stereocenters. The first-order valence-electron chi connectivity index (χ1n) is 7.80. The third-order valence-corrected chi connectivity index (χ3v) is 3.94. The molecule has 2 aromatic rings. The van der Waals surface area contributed by atoms with Crippen LogP contribution in [0.1, 0.15) is 36.0 Å². The van der Waals surface area contributed by atoms with E-state index in [9.17, 15) is 4.79 Å². The standard InChI is InChI=1S/C17H20N4O2/c1-23-16(22)13-8-4-5-9-14(13)20-17-18-11-10-15(21-17)19-12-6-2-3-7-12/h4-5,8-12H,2-3,6-7H2,1H3,(H2,18,19,20,21). The van der Waals surface area contributed by atoms with Gasteiger partial charge in [0.05, 0.1) is 18.4 Å². The Labute approximate surface area is 135 Å². The van der Waals surface area contributed by atoms with E-state index in [0.717, 1.165) is 5.82 Å². The predicted molar refractivity (Wildman–Crippen MR) is 89.0 cm³/mol. The van der Waals surface area contributed by atoms with Gasteiger partial charge in [0.15, 0.2) is 0 Å². The van der Waals surface area contributed by atoms with Crippen LogP contribution in [-0.4, -0.2) is 29.1 Å². The molecule has 0 atom stereocenters. The van der Waals surface area contributed by atoms with Crippen LogP contribution in [-0.2, 0) is 4.74 Å². The Kier molecular flexibility index (Phi) is 4.71. The highest BCUT2D eigenvalue weighted by molar-refractivity contribution is 5.96. The summed E-state index contributed by atoms with van der Waals surface area (Å²) in [6.45, 7) is 0. The number of ether oxygens (including phenoxy) is 1. The smallest absolute Gasteiger partial charge is 0.339 e. The fourth-order valence-corrected chi connectivity index (χ4v) is 2.78. The number of methoxy groups -OCH3 is 1. The molecule has 1 aliphatic rings. The summed E-state index contributed by atoms with van der Waals surface area (Å²) in [5, 5.41) is 6.52. The number of esters is 1. The topological polar surface area (TPSA) is 76.1 Å². The van der Waals surface area contributed by atoms with Crippen LogP contribution in [0.25, 0.3) is 0 Å². The number of rotatable bonds is 5. The van der Waals surface area contributed by atoms with Gasteiger partial charge in [0.25, 0.3) is 0 Å². The molecule has 23 heavy (non-hydrogen) atoms. The molecular formula is C17H20N4O2. The fraction of sp³-hybridized carbons (Fsp3) is 0.353. The molecule has 1 aromatic heterocycles. The summed E-state index contributed by atoms with van der Waals surface area (Å²) >= 11 is 0. The summed E-state index contributed by atoms with van der Waals surface area (Å²) in [6, 6.07) is 9.48. The molecule has 1 fully saturated rings. The molecule has 0 radical (unpaired) electrons. The van der Waals surface area contributed by atoms with Crippen molar-refractivity contribution in [1.29, 1.82) is 0 Å². The van der Waals surface area contributed by atoms with Gasteiger partial charge in [-0.3, -0.25) is 0 Å². The third kappa shape index (κ3) is 3.77. The first-order chi connectivity index (χ1) is 11.3. The third-order valence-electron chi connectivity index (χ3n) is 3.94. The van der Waals surface area contributed by atoms with Gasteiger partial charge >= 0.3 is 5.97 Å². The number of para-hydroxylation sites is 1. The fourth-order valence-electron chi connectivity index (χ4n) is 2.78. The lowest BCUT2D eigenvalue weighted by atomic mass is 10.2. The van der Waals surface area contributed by atoms with Crippen LogP contribution in [0.5, 0.6) is 0 Å². The average molecular weight is 312 g/mol. The zero-order chi connectivity index (χ0) is 16.1. The van der Waals surface area contributed by atoms with Crippen LogP contribution in [0.3, 0.4) is 0 Å². The Morgan fingerprint density at radius 2 is 2.00 bits per heavy atom. The van der Waals surface area contributed by atoms with E-state index in [-0.39, 0.29) is 0 Å². The van der Waals surface area contributed by atoms with Crippen LogP contribution in [0, 0.1) is 0 Å². The van der Waals surface area contributed by atoms with Crippen molar-refractivity contribution in [3.8, 4) is 0 Å². The molecule has 1 heterocycles. The zero-order valence-corrected chi connectivity index (χ0v) is 13.1. The van der Waals surface area contributed by atoms with Gasteiger partial charge in [-0.05, 0) is 31.0 Å². The Morgan fingerprint density at radius 1 is 1.22 bits per heavy atom. The van der Waals surface area contributed by atoms with Crippen molar-refractivity contribution in [2.75, 3.05) is 17.7 Å². The van der Waals surface area contributed by atoms with Crippen molar-refractivity contribution < 1.29 is 9.53 Å². The van der Waals surface area contributed by atoms with Gasteiger partial charge in [0.2, 0.25) is 5.95 Å². The SMILES string of the molecule is COC(=O)c1ccccc1Nc1nccc(NC2CCCC2)n1. The van der Waals surface area contributed by atoms with Gasteiger partial charge in [0, 0.05) is 12.2 Å². The highest BCUT2D eigenvalue weighted by Gasteiger charge is 2.16. The number of nitrogens with zero attached hydrogens (tertiary/aromatic N) is 2. The molecule has 6 heteroatoms. The molecule has 3 rings (SSSR count). The normalized spacial score (nSPS) is 14.5. The summed E-state index contributed by atoms with van der Waals surface area (Å²) in [6.07, 6.45) is 6.59. The Bertz CT molecular complexity index is 684. The number of nitrogens with one attached hydrogen (secondary N) is 2. The molecule has 6 nitrogen and oxygen atoms in total. The highest BCUT2D eigenvalue weighted by atomic mass is 16.5. The van der Waals surface area contributed by atoms with Crippen LogP contribution >= 0.6 is 0 Å². The van der Waals surface area contributed by atoms with Crippen LogP contribution in [0.15, 0.2) is 36.5 Å². The predicted octanol–water partition coefficient (Wildman–Crippen LogP) is 3.36. The van der Waals surface area contributed by atoms with Gasteiger partial charge in [-0.15, -0.1) is 0 Å². The molecule has 120 valence electrons. The molecule has 1 saturated carbocycles. The monoisotopic (exact) mass is 312 g/mol. The number of carbonyl (C=O) groups is 1. The average Bonchev–Trinajstić information content (AvgIpc) is 3.08. The number of carbonyl (C=O) groups excluding carboxylic acids is 1. The number of aromatic nitrogens is 2. The van der Waals surface area contributed by atoms with Crippen molar-refractivity contribution >= 4 is 23.4 Å². The second-order valence-corrected chi connectivity index (χ2v) is 5.55. The number of hydrogen-bond acceptors (Lipinski definition) is 6. The molecular weight excluding hydrogens is 292 g/mol. The zero-order valence-electron chi connectivity index (χ0n) is 13.1. The van der Waals surface area contributed by atoms with Gasteiger partial charge in [-0.2, -0.15) is 4.98 Å². The lowest BCUT2D eigenvalue weighted by Gasteiger charge is -2.14. The van der Waals surface area contributed by atoms with Crippen LogP contribution in [0.2, 0.25) is 0 Å². The summed E-state index contributed by atoms with van der Waals surface area (Å²) in [5.41, 5.74) is 1.07. The van der Waals surface area contributed by atoms with Gasteiger partial charge in [-0.1, -0.05) is 25.0 Å². The summed E-state index contributed by atoms with van der Waals surface area (Å²) < 4.78 is 4.79. The number of anilines is 3. The molecule has 0 saturated heterocycles. The molecule has 1 aliphatic carbocycles. The Hall–Kier alpha value is -2.63. The van der Waals surface area contributed by atoms with E-state index in [1.54, 1.807) is 24.4 Å². The van der Waals surface area contributed by atoms with Gasteiger partial charge in [0.1, 0.15) is 5.82 Å². The molecule has 2 N–H and O–H groups in total. The summed E-state index contributed by atoms with van der Waals surface area (Å²) in [5.74, 6) is 0.850. The number of hydrogen-bond donors (Lipinski definition) is 2. The highest BCUT2D eigenvalue weighted by Crippen LogP contribution is 2.23. The van der Waals surface area contributed by atoms with Crippen molar-refractivity contribution in [2.24, 2.45) is 0 Å². The Morgan fingerprint density at radius 3 is 2.78 bits per heavy atom. The van der Waals surface area contributed by atoms with E-state index >= 15 is 0 Å². The van der Waals surface area contributed by atoms with E-state index < -0.39 is 5.97 Å². The Balaban J connectivity index is 1.76. The maximum absolute atomic E-state index is 11.8. The van der Waals surface area contributed by atoms with Crippen molar-refractivity contribution in [3.63, 3.8) is 0 Å². The molecule has 0 amide bonds. The van der Waals surface area contributed by atoms with Crippen molar-refractivity contribution in [2.45, 2.75) is 31.7 Å². The molecule has 0 bridgehead atoms. The minimum atomic E-state index is -0.395. The molecule has 1 aromatic carbocycles. The molecule has 0 aliphatic heterocycles. The van der Waals surface area contributed by atoms with E-state index in [4.69, 9.17) is 4.74 Å². The molecule has 0 spiro atoms. The lowest BCUT2D eigenvalue weighted by molar-refractivity contribution is 0.0602. The summed E-state index contributed by atoms with van der Waals surface area (Å²) in [4.78, 5) is 20.5. The minimum absolute atomic E-state index is 0.395. The lowest BCUT2D eigenvalue weighted by Crippen LogP contribution is -2.16. The van der Waals surface area contributed by atoms with Gasteiger partial charge in [-0.25, -0.2) is 9.78 Å².